The summed E-state index contributed by atoms with van der Waals surface area (Å²) in [5.74, 6) is 0.141. The first-order valence-electron chi connectivity index (χ1n) is 10.7. The van der Waals surface area contributed by atoms with E-state index >= 15 is 0 Å². The molecule has 2 N–H and O–H groups in total. The van der Waals surface area contributed by atoms with Gasteiger partial charge in [0.15, 0.2) is 6.61 Å². The number of ether oxygens (including phenoxy) is 1. The fraction of sp³-hybridized carbons (Fsp3) is 0.0370. The first kappa shape index (κ1) is 23.8. The number of rotatable bonds is 8. The number of halogens is 1. The zero-order valence-electron chi connectivity index (χ0n) is 18.5. The summed E-state index contributed by atoms with van der Waals surface area (Å²) in [7, 11) is 0. The number of carbonyl (C=O) groups excluding carboxylic acids is 1. The van der Waals surface area contributed by atoms with Crippen molar-refractivity contribution in [3.05, 3.63) is 107 Å². The molecule has 0 spiro atoms. The molecule has 35 heavy (non-hydrogen) atoms. The lowest BCUT2D eigenvalue weighted by molar-refractivity contribution is -0.123. The van der Waals surface area contributed by atoms with E-state index in [9.17, 15) is 9.90 Å². The highest BCUT2D eigenvalue weighted by Gasteiger charge is 2.04. The van der Waals surface area contributed by atoms with Gasteiger partial charge in [-0.15, -0.1) is 0 Å². The molecule has 4 aromatic rings. The van der Waals surface area contributed by atoms with E-state index in [1.807, 2.05) is 78.9 Å². The van der Waals surface area contributed by atoms with Gasteiger partial charge in [0, 0.05) is 10.0 Å². The molecular formula is C27H21BrN4O3. The number of azo groups is 1. The second kappa shape index (κ2) is 11.7. The Morgan fingerprint density at radius 2 is 1.57 bits per heavy atom. The Kier molecular flexibility index (Phi) is 7.98. The molecule has 0 aliphatic rings. The predicted molar refractivity (Wildman–Crippen MR) is 140 cm³/mol. The lowest BCUT2D eigenvalue weighted by atomic mass is 10.1. The molecule has 0 atom stereocenters. The molecule has 4 rings (SSSR count). The molecule has 0 fully saturated rings. The average molecular weight is 529 g/mol. The number of aromatic hydroxyl groups is 1. The standard InChI is InChI=1S/C27H21BrN4O3/c28-22-7-4-8-23(16-22)30-31-24-11-14-26(33)21(15-24)17-29-32-27(34)18-35-25-12-9-20(10-13-25)19-5-2-1-3-6-19/h1-17,33H,18H2,(H,32,34)/b29-17+,31-30?. The number of benzene rings is 4. The van der Waals surface area contributed by atoms with Gasteiger partial charge in [-0.05, 0) is 59.7 Å². The lowest BCUT2D eigenvalue weighted by Gasteiger charge is -2.07. The van der Waals surface area contributed by atoms with Crippen molar-refractivity contribution < 1.29 is 14.6 Å². The van der Waals surface area contributed by atoms with Gasteiger partial charge in [0.2, 0.25) is 0 Å². The van der Waals surface area contributed by atoms with Crippen molar-refractivity contribution in [1.82, 2.24) is 5.43 Å². The first-order chi connectivity index (χ1) is 17.1. The zero-order valence-corrected chi connectivity index (χ0v) is 20.1. The zero-order chi connectivity index (χ0) is 24.5. The number of hydrogen-bond acceptors (Lipinski definition) is 6. The van der Waals surface area contributed by atoms with Crippen LogP contribution in [0.2, 0.25) is 0 Å². The summed E-state index contributed by atoms with van der Waals surface area (Å²) in [5.41, 5.74) is 6.14. The fourth-order valence-electron chi connectivity index (χ4n) is 3.09. The molecule has 0 radical (unpaired) electrons. The second-order valence-electron chi connectivity index (χ2n) is 7.40. The Bertz CT molecular complexity index is 1360. The van der Waals surface area contributed by atoms with Crippen LogP contribution in [-0.4, -0.2) is 23.8 Å². The summed E-state index contributed by atoms with van der Waals surface area (Å²) in [6.45, 7) is -0.200. The number of carbonyl (C=O) groups is 1. The quantitative estimate of drug-likeness (QED) is 0.150. The van der Waals surface area contributed by atoms with E-state index in [1.54, 1.807) is 12.1 Å². The minimum absolute atomic E-state index is 0.000777. The monoisotopic (exact) mass is 528 g/mol. The molecule has 0 bridgehead atoms. The van der Waals surface area contributed by atoms with Crippen LogP contribution in [0.3, 0.4) is 0 Å². The summed E-state index contributed by atoms with van der Waals surface area (Å²) in [5, 5.41) is 22.3. The average Bonchev–Trinajstić information content (AvgIpc) is 2.88. The Hall–Kier alpha value is -4.30. The third-order valence-electron chi connectivity index (χ3n) is 4.82. The maximum atomic E-state index is 12.1. The highest BCUT2D eigenvalue weighted by atomic mass is 79.9. The van der Waals surface area contributed by atoms with Crippen LogP contribution >= 0.6 is 15.9 Å². The maximum Gasteiger partial charge on any atom is 0.277 e. The molecule has 0 heterocycles. The maximum absolute atomic E-state index is 12.1. The van der Waals surface area contributed by atoms with Crippen LogP contribution in [0.15, 0.2) is 117 Å². The van der Waals surface area contributed by atoms with Gasteiger partial charge in [0.1, 0.15) is 11.5 Å². The Balaban J connectivity index is 1.30. The molecule has 0 unspecified atom stereocenters. The topological polar surface area (TPSA) is 95.6 Å². The van der Waals surface area contributed by atoms with Crippen LogP contribution in [0.25, 0.3) is 11.1 Å². The highest BCUT2D eigenvalue weighted by Crippen LogP contribution is 2.25. The van der Waals surface area contributed by atoms with Gasteiger partial charge in [0.05, 0.1) is 17.6 Å². The number of hydrazone groups is 1. The van der Waals surface area contributed by atoms with Gasteiger partial charge in [-0.1, -0.05) is 64.5 Å². The molecule has 0 saturated carbocycles. The summed E-state index contributed by atoms with van der Waals surface area (Å²) in [6.07, 6.45) is 1.33. The van der Waals surface area contributed by atoms with Crippen molar-refractivity contribution in [3.8, 4) is 22.6 Å². The minimum atomic E-state index is -0.432. The largest absolute Gasteiger partial charge is 0.507 e. The Morgan fingerprint density at radius 3 is 2.31 bits per heavy atom. The Labute approximate surface area is 210 Å². The van der Waals surface area contributed by atoms with Crippen LogP contribution < -0.4 is 10.2 Å². The number of phenolic OH excluding ortho intramolecular Hbond substituents is 1. The summed E-state index contributed by atoms with van der Waals surface area (Å²) >= 11 is 3.39. The van der Waals surface area contributed by atoms with Crippen LogP contribution in [0, 0.1) is 0 Å². The number of nitrogens with one attached hydrogen (secondary N) is 1. The van der Waals surface area contributed by atoms with E-state index < -0.39 is 5.91 Å². The molecule has 174 valence electrons. The number of nitrogens with zero attached hydrogens (tertiary/aromatic N) is 3. The summed E-state index contributed by atoms with van der Waals surface area (Å²) in [6, 6.07) is 29.6. The number of amides is 1. The SMILES string of the molecule is O=C(COc1ccc(-c2ccccc2)cc1)N/N=C/c1cc(N=Nc2cccc(Br)c2)ccc1O. The molecule has 0 aromatic heterocycles. The third kappa shape index (κ3) is 7.09. The van der Waals surface area contributed by atoms with E-state index in [0.717, 1.165) is 15.6 Å². The van der Waals surface area contributed by atoms with E-state index in [2.05, 4.69) is 36.7 Å². The van der Waals surface area contributed by atoms with Crippen LogP contribution in [0.1, 0.15) is 5.56 Å². The molecule has 7 nitrogen and oxygen atoms in total. The number of phenols is 1. The molecule has 8 heteroatoms. The number of hydrogen-bond donors (Lipinski definition) is 2. The second-order valence-corrected chi connectivity index (χ2v) is 8.31. The van der Waals surface area contributed by atoms with Crippen LogP contribution in [0.4, 0.5) is 11.4 Å². The molecular weight excluding hydrogens is 508 g/mol. The highest BCUT2D eigenvalue weighted by molar-refractivity contribution is 9.10. The molecule has 4 aromatic carbocycles. The van der Waals surface area contributed by atoms with E-state index in [4.69, 9.17) is 4.74 Å². The van der Waals surface area contributed by atoms with Crippen LogP contribution in [-0.2, 0) is 4.79 Å². The fourth-order valence-corrected chi connectivity index (χ4v) is 3.48. The first-order valence-corrected chi connectivity index (χ1v) is 11.5. The van der Waals surface area contributed by atoms with E-state index in [-0.39, 0.29) is 12.4 Å². The van der Waals surface area contributed by atoms with Crippen molar-refractivity contribution in [3.63, 3.8) is 0 Å². The van der Waals surface area contributed by atoms with Crippen LogP contribution in [0.5, 0.6) is 11.5 Å². The van der Waals surface area contributed by atoms with Crippen molar-refractivity contribution in [2.24, 2.45) is 15.3 Å². The summed E-state index contributed by atoms with van der Waals surface area (Å²) in [4.78, 5) is 12.1. The summed E-state index contributed by atoms with van der Waals surface area (Å²) < 4.78 is 6.42. The van der Waals surface area contributed by atoms with Gasteiger partial charge in [0.25, 0.3) is 5.91 Å². The van der Waals surface area contributed by atoms with Gasteiger partial charge in [-0.3, -0.25) is 4.79 Å². The molecule has 0 saturated heterocycles. The van der Waals surface area contributed by atoms with Gasteiger partial charge in [-0.25, -0.2) is 5.43 Å². The van der Waals surface area contributed by atoms with Gasteiger partial charge in [-0.2, -0.15) is 15.3 Å². The van der Waals surface area contributed by atoms with E-state index in [1.165, 1.54) is 12.3 Å². The van der Waals surface area contributed by atoms with Crippen molar-refractivity contribution >= 4 is 39.4 Å². The Morgan fingerprint density at radius 1 is 0.857 bits per heavy atom. The third-order valence-corrected chi connectivity index (χ3v) is 5.32. The predicted octanol–water partition coefficient (Wildman–Crippen LogP) is 6.77. The van der Waals surface area contributed by atoms with Gasteiger partial charge < -0.3 is 9.84 Å². The van der Waals surface area contributed by atoms with Crippen molar-refractivity contribution in [2.75, 3.05) is 6.61 Å². The molecule has 1 amide bonds. The smallest absolute Gasteiger partial charge is 0.277 e. The minimum Gasteiger partial charge on any atom is -0.507 e. The lowest BCUT2D eigenvalue weighted by Crippen LogP contribution is -2.24. The molecule has 0 aliphatic heterocycles. The normalized spacial score (nSPS) is 11.1. The van der Waals surface area contributed by atoms with E-state index in [0.29, 0.717) is 22.7 Å². The van der Waals surface area contributed by atoms with Crippen molar-refractivity contribution in [1.29, 1.82) is 0 Å². The van der Waals surface area contributed by atoms with Gasteiger partial charge >= 0.3 is 0 Å². The molecule has 0 aliphatic carbocycles. The van der Waals surface area contributed by atoms with Crippen molar-refractivity contribution in [2.45, 2.75) is 0 Å².